The van der Waals surface area contributed by atoms with Gasteiger partial charge in [0.1, 0.15) is 0 Å². The number of H-pyrrole nitrogens is 1. The molecule has 2 aromatic heterocycles. The van der Waals surface area contributed by atoms with E-state index in [1.807, 2.05) is 12.1 Å². The minimum absolute atomic E-state index is 0.155. The fourth-order valence-electron chi connectivity index (χ4n) is 3.28. The van der Waals surface area contributed by atoms with Gasteiger partial charge in [-0.2, -0.15) is 0 Å². The second kappa shape index (κ2) is 11.8. The van der Waals surface area contributed by atoms with Crippen molar-refractivity contribution in [3.05, 3.63) is 88.1 Å². The molecule has 0 amide bonds. The highest BCUT2D eigenvalue weighted by Crippen LogP contribution is 2.10. The zero-order valence-corrected chi connectivity index (χ0v) is 16.8. The summed E-state index contributed by atoms with van der Waals surface area (Å²) in [6.45, 7) is 0.578. The summed E-state index contributed by atoms with van der Waals surface area (Å²) in [6.07, 6.45) is 13.8. The van der Waals surface area contributed by atoms with E-state index in [9.17, 15) is 4.79 Å². The number of benzene rings is 1. The van der Waals surface area contributed by atoms with Crippen molar-refractivity contribution in [3.8, 4) is 6.01 Å². The van der Waals surface area contributed by atoms with Crippen LogP contribution in [0.1, 0.15) is 55.2 Å². The lowest BCUT2D eigenvalue weighted by molar-refractivity contribution is 0.280. The molecule has 152 valence electrons. The van der Waals surface area contributed by atoms with Gasteiger partial charge in [-0.25, -0.2) is 4.98 Å². The number of nitrogens with zero attached hydrogens (tertiary/aromatic N) is 2. The van der Waals surface area contributed by atoms with Crippen LogP contribution in [0.2, 0.25) is 0 Å². The summed E-state index contributed by atoms with van der Waals surface area (Å²) in [4.78, 5) is 23.2. The molecular formula is C24H29N3O2. The molecule has 0 bridgehead atoms. The van der Waals surface area contributed by atoms with Gasteiger partial charge in [-0.05, 0) is 36.5 Å². The van der Waals surface area contributed by atoms with E-state index in [0.29, 0.717) is 24.6 Å². The molecule has 0 unspecified atom stereocenters. The van der Waals surface area contributed by atoms with Crippen molar-refractivity contribution < 1.29 is 4.74 Å². The molecule has 5 nitrogen and oxygen atoms in total. The number of hydrogen-bond acceptors (Lipinski definition) is 4. The third-order valence-corrected chi connectivity index (χ3v) is 4.91. The number of aromatic nitrogens is 3. The largest absolute Gasteiger partial charge is 0.465 e. The fourth-order valence-corrected chi connectivity index (χ4v) is 3.28. The van der Waals surface area contributed by atoms with E-state index in [1.165, 1.54) is 37.7 Å². The standard InChI is InChI=1S/C24H29N3O2/c28-23-22(17-21-14-10-15-25-18-21)19-26-24(27-23)29-16-9-4-2-1-3-6-11-20-12-7-5-8-13-20/h5,7-8,10,12-15,18-19H,1-4,6,9,11,16-17H2,(H,26,27,28). The van der Waals surface area contributed by atoms with Crippen molar-refractivity contribution >= 4 is 0 Å². The first-order valence-electron chi connectivity index (χ1n) is 10.4. The second-order valence-electron chi connectivity index (χ2n) is 7.29. The van der Waals surface area contributed by atoms with Crippen LogP contribution in [0.4, 0.5) is 0 Å². The van der Waals surface area contributed by atoms with Crippen molar-refractivity contribution in [2.75, 3.05) is 6.61 Å². The summed E-state index contributed by atoms with van der Waals surface area (Å²) < 4.78 is 5.60. The summed E-state index contributed by atoms with van der Waals surface area (Å²) >= 11 is 0. The zero-order chi connectivity index (χ0) is 20.2. The van der Waals surface area contributed by atoms with Gasteiger partial charge in [-0.1, -0.05) is 62.1 Å². The molecule has 0 aliphatic rings. The summed E-state index contributed by atoms with van der Waals surface area (Å²) in [5, 5.41) is 0. The summed E-state index contributed by atoms with van der Waals surface area (Å²) in [5.41, 5.74) is 2.87. The van der Waals surface area contributed by atoms with Crippen molar-refractivity contribution in [2.45, 2.75) is 51.4 Å². The first-order chi connectivity index (χ1) is 14.3. The van der Waals surface area contributed by atoms with E-state index >= 15 is 0 Å². The number of unbranched alkanes of at least 4 members (excludes halogenated alkanes) is 5. The van der Waals surface area contributed by atoms with Crippen LogP contribution in [0.15, 0.2) is 65.8 Å². The van der Waals surface area contributed by atoms with Crippen molar-refractivity contribution in [2.24, 2.45) is 0 Å². The topological polar surface area (TPSA) is 67.9 Å². The lowest BCUT2D eigenvalue weighted by Crippen LogP contribution is -2.16. The van der Waals surface area contributed by atoms with Gasteiger partial charge >= 0.3 is 0 Å². The summed E-state index contributed by atoms with van der Waals surface area (Å²) in [6, 6.07) is 14.8. The Kier molecular flexibility index (Phi) is 8.45. The minimum atomic E-state index is -0.155. The maximum absolute atomic E-state index is 12.2. The number of ether oxygens (including phenoxy) is 1. The predicted octanol–water partition coefficient (Wildman–Crippen LogP) is 4.72. The molecule has 1 aromatic carbocycles. The van der Waals surface area contributed by atoms with E-state index in [-0.39, 0.29) is 5.56 Å². The van der Waals surface area contributed by atoms with Gasteiger partial charge in [0.05, 0.1) is 6.61 Å². The van der Waals surface area contributed by atoms with Crippen LogP contribution in [0.25, 0.3) is 0 Å². The van der Waals surface area contributed by atoms with Crippen LogP contribution < -0.4 is 10.3 Å². The molecule has 3 rings (SSSR count). The Morgan fingerprint density at radius 3 is 2.34 bits per heavy atom. The lowest BCUT2D eigenvalue weighted by atomic mass is 10.1. The molecule has 1 N–H and O–H groups in total. The van der Waals surface area contributed by atoms with Crippen LogP contribution in [0.5, 0.6) is 6.01 Å². The van der Waals surface area contributed by atoms with Crippen LogP contribution in [-0.2, 0) is 12.8 Å². The molecule has 0 atom stereocenters. The van der Waals surface area contributed by atoms with Gasteiger partial charge in [0.15, 0.2) is 0 Å². The number of pyridine rings is 1. The first-order valence-corrected chi connectivity index (χ1v) is 10.4. The lowest BCUT2D eigenvalue weighted by Gasteiger charge is -2.06. The average Bonchev–Trinajstić information content (AvgIpc) is 2.76. The molecule has 5 heteroatoms. The fraction of sp³-hybridized carbons (Fsp3) is 0.375. The quantitative estimate of drug-likeness (QED) is 0.454. The second-order valence-corrected chi connectivity index (χ2v) is 7.29. The summed E-state index contributed by atoms with van der Waals surface area (Å²) in [7, 11) is 0. The highest BCUT2D eigenvalue weighted by Gasteiger charge is 2.05. The minimum Gasteiger partial charge on any atom is -0.465 e. The number of aromatic amines is 1. The molecule has 29 heavy (non-hydrogen) atoms. The highest BCUT2D eigenvalue weighted by molar-refractivity contribution is 5.20. The molecule has 0 aliphatic heterocycles. The van der Waals surface area contributed by atoms with Crippen LogP contribution in [-0.4, -0.2) is 21.6 Å². The summed E-state index contributed by atoms with van der Waals surface area (Å²) in [5.74, 6) is 0. The molecule has 2 heterocycles. The Morgan fingerprint density at radius 1 is 0.828 bits per heavy atom. The molecule has 3 aromatic rings. The van der Waals surface area contributed by atoms with E-state index < -0.39 is 0 Å². The van der Waals surface area contributed by atoms with Gasteiger partial charge in [0.25, 0.3) is 11.6 Å². The number of nitrogens with one attached hydrogen (secondary N) is 1. The van der Waals surface area contributed by atoms with E-state index in [0.717, 1.165) is 18.4 Å². The van der Waals surface area contributed by atoms with Crippen LogP contribution >= 0.6 is 0 Å². The highest BCUT2D eigenvalue weighted by atomic mass is 16.5. The molecule has 0 aliphatic carbocycles. The predicted molar refractivity (Wildman–Crippen MR) is 115 cm³/mol. The maximum Gasteiger partial charge on any atom is 0.296 e. The van der Waals surface area contributed by atoms with Crippen molar-refractivity contribution in [1.82, 2.24) is 15.0 Å². The molecule has 0 saturated heterocycles. The average molecular weight is 392 g/mol. The normalized spacial score (nSPS) is 10.8. The Balaban J connectivity index is 1.27. The van der Waals surface area contributed by atoms with E-state index in [4.69, 9.17) is 4.74 Å². The molecule has 0 saturated carbocycles. The van der Waals surface area contributed by atoms with Crippen LogP contribution in [0, 0.1) is 0 Å². The molecule has 0 spiro atoms. The van der Waals surface area contributed by atoms with E-state index in [1.54, 1.807) is 18.6 Å². The Morgan fingerprint density at radius 2 is 1.59 bits per heavy atom. The van der Waals surface area contributed by atoms with Crippen molar-refractivity contribution in [1.29, 1.82) is 0 Å². The van der Waals surface area contributed by atoms with E-state index in [2.05, 4.69) is 45.3 Å². The first kappa shape index (κ1) is 20.8. The Hall–Kier alpha value is -2.95. The Labute approximate surface area is 172 Å². The van der Waals surface area contributed by atoms with Gasteiger partial charge in [-0.15, -0.1) is 0 Å². The molecular weight excluding hydrogens is 362 g/mol. The van der Waals surface area contributed by atoms with Gasteiger partial charge < -0.3 is 4.74 Å². The Bertz CT molecular complexity index is 895. The number of rotatable bonds is 12. The smallest absolute Gasteiger partial charge is 0.296 e. The monoisotopic (exact) mass is 391 g/mol. The van der Waals surface area contributed by atoms with Gasteiger partial charge in [0, 0.05) is 30.6 Å². The number of aryl methyl sites for hydroxylation is 1. The van der Waals surface area contributed by atoms with Gasteiger partial charge in [-0.3, -0.25) is 14.8 Å². The van der Waals surface area contributed by atoms with Gasteiger partial charge in [0.2, 0.25) is 0 Å². The third-order valence-electron chi connectivity index (χ3n) is 4.91. The zero-order valence-electron chi connectivity index (χ0n) is 16.8. The number of hydrogen-bond donors (Lipinski definition) is 1. The molecule has 0 radical (unpaired) electrons. The van der Waals surface area contributed by atoms with Crippen molar-refractivity contribution in [3.63, 3.8) is 0 Å². The third kappa shape index (κ3) is 7.53. The van der Waals surface area contributed by atoms with Crippen LogP contribution in [0.3, 0.4) is 0 Å². The molecule has 0 fully saturated rings. The maximum atomic E-state index is 12.2. The SMILES string of the molecule is O=c1[nH]c(OCCCCCCCCc2ccccc2)ncc1Cc1cccnc1.